The summed E-state index contributed by atoms with van der Waals surface area (Å²) in [7, 11) is 0. The number of para-hydroxylation sites is 1. The van der Waals surface area contributed by atoms with Crippen molar-refractivity contribution in [2.75, 3.05) is 5.32 Å². The Bertz CT molecular complexity index is 773. The molecule has 2 aromatic carbocycles. The number of fused-ring (bicyclic) bond motifs is 1. The zero-order chi connectivity index (χ0) is 15.7. The van der Waals surface area contributed by atoms with Gasteiger partial charge in [0.2, 0.25) is 0 Å². The molecule has 0 bridgehead atoms. The van der Waals surface area contributed by atoms with Crippen molar-refractivity contribution in [3.63, 3.8) is 0 Å². The molecule has 1 heterocycles. The highest BCUT2D eigenvalue weighted by Crippen LogP contribution is 2.40. The minimum atomic E-state index is -0.188. The van der Waals surface area contributed by atoms with Gasteiger partial charge in [-0.05, 0) is 31.2 Å². The predicted octanol–water partition coefficient (Wildman–Crippen LogP) is 3.80. The summed E-state index contributed by atoms with van der Waals surface area (Å²) >= 11 is 0. The summed E-state index contributed by atoms with van der Waals surface area (Å²) in [5.41, 5.74) is 3.05. The lowest BCUT2D eigenvalue weighted by Gasteiger charge is -2.10. The van der Waals surface area contributed by atoms with E-state index in [2.05, 4.69) is 18.2 Å². The molecule has 0 saturated carbocycles. The second kappa shape index (κ2) is 5.57. The van der Waals surface area contributed by atoms with Crippen LogP contribution in [0.15, 0.2) is 42.5 Å². The fourth-order valence-electron chi connectivity index (χ4n) is 2.65. The van der Waals surface area contributed by atoms with Crippen LogP contribution < -0.4 is 10.1 Å². The number of ether oxygens (including phenoxy) is 1. The summed E-state index contributed by atoms with van der Waals surface area (Å²) in [6.45, 7) is 4.12. The fourth-order valence-corrected chi connectivity index (χ4v) is 2.65. The van der Waals surface area contributed by atoms with Crippen LogP contribution >= 0.6 is 0 Å². The first-order chi connectivity index (χ1) is 10.6. The van der Waals surface area contributed by atoms with Crippen LogP contribution in [-0.4, -0.2) is 12.0 Å². The van der Waals surface area contributed by atoms with Crippen LogP contribution in [-0.2, 0) is 0 Å². The average Bonchev–Trinajstić information content (AvgIpc) is 2.82. The zero-order valence-corrected chi connectivity index (χ0v) is 12.6. The Balaban J connectivity index is 1.90. The Labute approximate surface area is 130 Å². The standard InChI is InChI=1S/C19H17NO2/c1-4-14-7-5-8-15(11-14)20-19(21)17-10-6-9-16-12(2)13(3)22-18(16)17/h1,5-13H,2-3H3,(H,20,21). The topological polar surface area (TPSA) is 38.3 Å². The van der Waals surface area contributed by atoms with Crippen LogP contribution in [0.25, 0.3) is 0 Å². The third-order valence-corrected chi connectivity index (χ3v) is 4.08. The molecule has 0 radical (unpaired) electrons. The molecule has 0 fully saturated rings. The molecule has 3 nitrogen and oxygen atoms in total. The number of benzene rings is 2. The Hall–Kier alpha value is -2.73. The smallest absolute Gasteiger partial charge is 0.259 e. The number of hydrogen-bond acceptors (Lipinski definition) is 2. The van der Waals surface area contributed by atoms with Crippen molar-refractivity contribution >= 4 is 11.6 Å². The van der Waals surface area contributed by atoms with E-state index < -0.39 is 0 Å². The second-order valence-electron chi connectivity index (χ2n) is 5.51. The Kier molecular flexibility index (Phi) is 3.60. The van der Waals surface area contributed by atoms with Crippen molar-refractivity contribution in [1.29, 1.82) is 0 Å². The second-order valence-corrected chi connectivity index (χ2v) is 5.51. The van der Waals surface area contributed by atoms with E-state index >= 15 is 0 Å². The molecule has 3 heteroatoms. The van der Waals surface area contributed by atoms with Crippen molar-refractivity contribution in [3.8, 4) is 18.1 Å². The van der Waals surface area contributed by atoms with Crippen LogP contribution in [0.1, 0.15) is 41.3 Å². The van der Waals surface area contributed by atoms with Gasteiger partial charge in [-0.3, -0.25) is 4.79 Å². The first-order valence-electron chi connectivity index (χ1n) is 7.27. The number of carbonyl (C=O) groups excluding carboxylic acids is 1. The number of amides is 1. The molecule has 1 aliphatic heterocycles. The largest absolute Gasteiger partial charge is 0.489 e. The van der Waals surface area contributed by atoms with E-state index in [1.165, 1.54) is 0 Å². The average molecular weight is 291 g/mol. The molecular weight excluding hydrogens is 274 g/mol. The van der Waals surface area contributed by atoms with Crippen molar-refractivity contribution in [1.82, 2.24) is 0 Å². The van der Waals surface area contributed by atoms with Gasteiger partial charge in [-0.1, -0.05) is 31.0 Å². The highest BCUT2D eigenvalue weighted by molar-refractivity contribution is 6.06. The van der Waals surface area contributed by atoms with E-state index in [1.807, 2.05) is 37.3 Å². The number of terminal acetylenes is 1. The Morgan fingerprint density at radius 2 is 2.00 bits per heavy atom. The molecule has 0 saturated heterocycles. The molecular formula is C19H17NO2. The van der Waals surface area contributed by atoms with Crippen LogP contribution in [0.4, 0.5) is 5.69 Å². The maximum atomic E-state index is 12.5. The van der Waals surface area contributed by atoms with Gasteiger partial charge >= 0.3 is 0 Å². The van der Waals surface area contributed by atoms with Crippen molar-refractivity contribution in [2.24, 2.45) is 0 Å². The molecule has 0 aromatic heterocycles. The van der Waals surface area contributed by atoms with Crippen LogP contribution in [0.5, 0.6) is 5.75 Å². The highest BCUT2D eigenvalue weighted by atomic mass is 16.5. The molecule has 2 unspecified atom stereocenters. The number of hydrogen-bond donors (Lipinski definition) is 1. The predicted molar refractivity (Wildman–Crippen MR) is 87.3 cm³/mol. The van der Waals surface area contributed by atoms with Gasteiger partial charge in [0.15, 0.2) is 0 Å². The molecule has 3 rings (SSSR count). The molecule has 2 atom stereocenters. The lowest BCUT2D eigenvalue weighted by Crippen LogP contribution is -2.14. The number of nitrogens with one attached hydrogen (secondary N) is 1. The monoisotopic (exact) mass is 291 g/mol. The molecule has 110 valence electrons. The normalized spacial score (nSPS) is 19.0. The molecule has 1 N–H and O–H groups in total. The van der Waals surface area contributed by atoms with Crippen LogP contribution in [0, 0.1) is 12.3 Å². The van der Waals surface area contributed by atoms with E-state index in [4.69, 9.17) is 11.2 Å². The van der Waals surface area contributed by atoms with Crippen LogP contribution in [0.3, 0.4) is 0 Å². The van der Waals surface area contributed by atoms with Gasteiger partial charge in [-0.2, -0.15) is 0 Å². The van der Waals surface area contributed by atoms with E-state index in [9.17, 15) is 4.79 Å². The van der Waals surface area contributed by atoms with Crippen LogP contribution in [0.2, 0.25) is 0 Å². The lowest BCUT2D eigenvalue weighted by molar-refractivity contribution is 0.102. The van der Waals surface area contributed by atoms with Gasteiger partial charge in [0.1, 0.15) is 11.9 Å². The maximum Gasteiger partial charge on any atom is 0.259 e. The first-order valence-corrected chi connectivity index (χ1v) is 7.27. The quantitative estimate of drug-likeness (QED) is 0.855. The molecule has 2 aromatic rings. The summed E-state index contributed by atoms with van der Waals surface area (Å²) in [6.07, 6.45) is 5.46. The van der Waals surface area contributed by atoms with Gasteiger partial charge in [-0.25, -0.2) is 0 Å². The fraction of sp³-hybridized carbons (Fsp3) is 0.211. The highest BCUT2D eigenvalue weighted by Gasteiger charge is 2.31. The first kappa shape index (κ1) is 14.2. The third-order valence-electron chi connectivity index (χ3n) is 4.08. The van der Waals surface area contributed by atoms with E-state index in [0.29, 0.717) is 17.0 Å². The van der Waals surface area contributed by atoms with Gasteiger partial charge in [-0.15, -0.1) is 6.42 Å². The SMILES string of the molecule is C#Cc1cccc(NC(=O)c2cccc3c2OC(C)C3C)c1. The molecule has 22 heavy (non-hydrogen) atoms. The minimum absolute atomic E-state index is 0.0775. The Morgan fingerprint density at radius 1 is 1.23 bits per heavy atom. The van der Waals surface area contributed by atoms with Gasteiger partial charge in [0, 0.05) is 22.7 Å². The van der Waals surface area contributed by atoms with Gasteiger partial charge in [0.05, 0.1) is 5.56 Å². The summed E-state index contributed by atoms with van der Waals surface area (Å²) < 4.78 is 5.86. The number of rotatable bonds is 2. The third kappa shape index (κ3) is 2.44. The van der Waals surface area contributed by atoms with Gasteiger partial charge < -0.3 is 10.1 Å². The summed E-state index contributed by atoms with van der Waals surface area (Å²) in [6, 6.07) is 12.9. The molecule has 1 amide bonds. The molecule has 0 spiro atoms. The summed E-state index contributed by atoms with van der Waals surface area (Å²) in [5, 5.41) is 2.88. The minimum Gasteiger partial charge on any atom is -0.489 e. The maximum absolute atomic E-state index is 12.5. The number of anilines is 1. The summed E-state index contributed by atoms with van der Waals surface area (Å²) in [5.74, 6) is 3.34. The van der Waals surface area contributed by atoms with E-state index in [0.717, 1.165) is 11.1 Å². The van der Waals surface area contributed by atoms with Crippen molar-refractivity contribution < 1.29 is 9.53 Å². The van der Waals surface area contributed by atoms with Gasteiger partial charge in [0.25, 0.3) is 5.91 Å². The number of carbonyl (C=O) groups is 1. The Morgan fingerprint density at radius 3 is 2.77 bits per heavy atom. The molecule has 0 aliphatic carbocycles. The van der Waals surface area contributed by atoms with E-state index in [1.54, 1.807) is 12.1 Å². The summed E-state index contributed by atoms with van der Waals surface area (Å²) in [4.78, 5) is 12.5. The molecule has 1 aliphatic rings. The van der Waals surface area contributed by atoms with Crippen molar-refractivity contribution in [3.05, 3.63) is 59.2 Å². The van der Waals surface area contributed by atoms with E-state index in [-0.39, 0.29) is 17.9 Å². The van der Waals surface area contributed by atoms with Crippen molar-refractivity contribution in [2.45, 2.75) is 25.9 Å². The zero-order valence-electron chi connectivity index (χ0n) is 12.6. The lowest BCUT2D eigenvalue weighted by atomic mass is 9.97.